The van der Waals surface area contributed by atoms with Gasteiger partial charge < -0.3 is 5.73 Å². The van der Waals surface area contributed by atoms with Crippen LogP contribution in [0.5, 0.6) is 0 Å². The van der Waals surface area contributed by atoms with Gasteiger partial charge in [-0.15, -0.1) is 0 Å². The lowest BCUT2D eigenvalue weighted by Crippen LogP contribution is -2.01. The summed E-state index contributed by atoms with van der Waals surface area (Å²) in [4.78, 5) is 3.44. The van der Waals surface area contributed by atoms with E-state index in [4.69, 9.17) is 5.73 Å². The van der Waals surface area contributed by atoms with Crippen molar-refractivity contribution in [2.75, 3.05) is 5.73 Å². The maximum absolute atomic E-state index is 5.84. The largest absolute Gasteiger partial charge is 0.399 e. The second-order valence-corrected chi connectivity index (χ2v) is 5.18. The van der Waals surface area contributed by atoms with E-state index < -0.39 is 0 Å². The van der Waals surface area contributed by atoms with E-state index in [1.165, 1.54) is 20.8 Å². The molecule has 2 aromatic carbocycles. The lowest BCUT2D eigenvalue weighted by Gasteiger charge is -1.99. The van der Waals surface area contributed by atoms with Gasteiger partial charge in [-0.2, -0.15) is 4.98 Å². The van der Waals surface area contributed by atoms with Crippen LogP contribution in [-0.2, 0) is 0 Å². The lowest BCUT2D eigenvalue weighted by atomic mass is 10.1. The lowest BCUT2D eigenvalue weighted by molar-refractivity contribution is -0.325. The van der Waals surface area contributed by atoms with Crippen molar-refractivity contribution in [2.45, 2.75) is 6.92 Å². The van der Waals surface area contributed by atoms with Crippen LogP contribution in [0.2, 0.25) is 0 Å². The Labute approximate surface area is 104 Å². The minimum Gasteiger partial charge on any atom is -0.399 e. The zero-order valence-corrected chi connectivity index (χ0v) is 10.3. The third-order valence-electron chi connectivity index (χ3n) is 2.88. The molecule has 0 amide bonds. The highest BCUT2D eigenvalue weighted by molar-refractivity contribution is 7.21. The first-order chi connectivity index (χ1) is 8.24. The molecule has 0 aliphatic carbocycles. The Morgan fingerprint density at radius 3 is 2.71 bits per heavy atom. The summed E-state index contributed by atoms with van der Waals surface area (Å²) in [5.74, 6) is 0. The molecule has 84 valence electrons. The number of nitrogens with one attached hydrogen (secondary N) is 1. The number of nitrogens with two attached hydrogens (primary N) is 1. The first-order valence-corrected chi connectivity index (χ1v) is 6.33. The predicted molar refractivity (Wildman–Crippen MR) is 73.0 cm³/mol. The molecule has 0 radical (unpaired) electrons. The number of aromatic amines is 1. The molecule has 0 fully saturated rings. The normalized spacial score (nSPS) is 10.9. The SMILES string of the molecule is Cc1cc(-c2[nH+]c3ccccc3s2)ccc1N. The molecule has 2 nitrogen and oxygen atoms in total. The quantitative estimate of drug-likeness (QED) is 0.653. The van der Waals surface area contributed by atoms with Crippen LogP contribution in [0.15, 0.2) is 42.5 Å². The fourth-order valence-corrected chi connectivity index (χ4v) is 2.87. The molecule has 0 spiro atoms. The van der Waals surface area contributed by atoms with Crippen molar-refractivity contribution in [3.63, 3.8) is 0 Å². The number of benzene rings is 2. The summed E-state index contributed by atoms with van der Waals surface area (Å²) >= 11 is 1.77. The molecule has 0 bridgehead atoms. The van der Waals surface area contributed by atoms with Crippen molar-refractivity contribution in [3.8, 4) is 10.6 Å². The first-order valence-electron chi connectivity index (χ1n) is 5.51. The number of fused-ring (bicyclic) bond motifs is 1. The minimum atomic E-state index is 0.842. The maximum Gasteiger partial charge on any atom is 0.268 e. The summed E-state index contributed by atoms with van der Waals surface area (Å²) in [5, 5.41) is 1.18. The average Bonchev–Trinajstić information content (AvgIpc) is 2.76. The van der Waals surface area contributed by atoms with Crippen LogP contribution in [0.25, 0.3) is 20.8 Å². The second-order valence-electron chi connectivity index (χ2n) is 4.12. The van der Waals surface area contributed by atoms with Gasteiger partial charge in [0.2, 0.25) is 5.52 Å². The van der Waals surface area contributed by atoms with Gasteiger partial charge in [-0.05, 0) is 36.8 Å². The highest BCUT2D eigenvalue weighted by Crippen LogP contribution is 2.28. The molecule has 3 N–H and O–H groups in total. The van der Waals surface area contributed by atoms with E-state index in [1.54, 1.807) is 11.3 Å². The van der Waals surface area contributed by atoms with Crippen molar-refractivity contribution < 1.29 is 4.98 Å². The van der Waals surface area contributed by atoms with Gasteiger partial charge in [0.1, 0.15) is 4.70 Å². The molecule has 17 heavy (non-hydrogen) atoms. The third-order valence-corrected chi connectivity index (χ3v) is 4.00. The molecule has 0 aliphatic heterocycles. The van der Waals surface area contributed by atoms with E-state index in [9.17, 15) is 0 Å². The number of rotatable bonds is 1. The predicted octanol–water partition coefficient (Wildman–Crippen LogP) is 3.27. The van der Waals surface area contributed by atoms with Crippen LogP contribution in [-0.4, -0.2) is 0 Å². The van der Waals surface area contributed by atoms with Crippen LogP contribution >= 0.6 is 11.3 Å². The number of H-pyrrole nitrogens is 1. The fraction of sp³-hybridized carbons (Fsp3) is 0.0714. The molecule has 0 saturated carbocycles. The summed E-state index contributed by atoms with van der Waals surface area (Å²) in [6.45, 7) is 2.03. The van der Waals surface area contributed by atoms with Gasteiger partial charge in [-0.1, -0.05) is 23.5 Å². The smallest absolute Gasteiger partial charge is 0.268 e. The van der Waals surface area contributed by atoms with Crippen molar-refractivity contribution in [2.24, 2.45) is 0 Å². The van der Waals surface area contributed by atoms with Gasteiger partial charge in [0.15, 0.2) is 0 Å². The summed E-state index contributed by atoms with van der Waals surface area (Å²) in [6, 6.07) is 14.5. The van der Waals surface area contributed by atoms with Gasteiger partial charge >= 0.3 is 0 Å². The third kappa shape index (κ3) is 1.78. The van der Waals surface area contributed by atoms with Gasteiger partial charge in [0.05, 0.1) is 5.56 Å². The molecule has 0 atom stereocenters. The maximum atomic E-state index is 5.84. The first kappa shape index (κ1) is 10.3. The minimum absolute atomic E-state index is 0.842. The number of aromatic nitrogens is 1. The van der Waals surface area contributed by atoms with Crippen molar-refractivity contribution in [3.05, 3.63) is 48.0 Å². The standard InChI is InChI=1S/C14H12N2S/c1-9-8-10(6-7-11(9)15)14-16-12-4-2-3-5-13(12)17-14/h2-8H,15H2,1H3/p+1. The molecule has 3 heteroatoms. The molecular weight excluding hydrogens is 228 g/mol. The molecule has 3 rings (SSSR count). The van der Waals surface area contributed by atoms with Crippen molar-refractivity contribution in [1.29, 1.82) is 0 Å². The monoisotopic (exact) mass is 241 g/mol. The van der Waals surface area contributed by atoms with E-state index in [1.807, 2.05) is 19.1 Å². The number of anilines is 1. The van der Waals surface area contributed by atoms with Crippen molar-refractivity contribution >= 4 is 27.2 Å². The highest BCUT2D eigenvalue weighted by atomic mass is 32.1. The topological polar surface area (TPSA) is 40.2 Å². The number of aryl methyl sites for hydroxylation is 1. The van der Waals surface area contributed by atoms with E-state index in [0.29, 0.717) is 0 Å². The Kier molecular flexibility index (Phi) is 2.34. The Hall–Kier alpha value is -1.87. The molecular formula is C14H13N2S+. The molecule has 3 aromatic rings. The molecule has 0 unspecified atom stereocenters. The Morgan fingerprint density at radius 1 is 1.12 bits per heavy atom. The van der Waals surface area contributed by atoms with E-state index in [-0.39, 0.29) is 0 Å². The molecule has 0 aliphatic rings. The van der Waals surface area contributed by atoms with Crippen LogP contribution in [0.4, 0.5) is 5.69 Å². The van der Waals surface area contributed by atoms with Gasteiger partial charge in [-0.3, -0.25) is 0 Å². The van der Waals surface area contributed by atoms with Gasteiger partial charge in [0, 0.05) is 11.8 Å². The number of hydrogen-bond acceptors (Lipinski definition) is 2. The van der Waals surface area contributed by atoms with E-state index in [0.717, 1.165) is 11.3 Å². The molecule has 1 aromatic heterocycles. The van der Waals surface area contributed by atoms with Crippen LogP contribution in [0, 0.1) is 6.92 Å². The number of para-hydroxylation sites is 1. The van der Waals surface area contributed by atoms with Gasteiger partial charge in [0.25, 0.3) is 5.01 Å². The summed E-state index contributed by atoms with van der Waals surface area (Å²) in [7, 11) is 0. The van der Waals surface area contributed by atoms with Crippen LogP contribution < -0.4 is 10.7 Å². The number of hydrogen-bond donors (Lipinski definition) is 1. The van der Waals surface area contributed by atoms with E-state index >= 15 is 0 Å². The zero-order valence-electron chi connectivity index (χ0n) is 9.53. The van der Waals surface area contributed by atoms with Gasteiger partial charge in [-0.25, -0.2) is 0 Å². The zero-order chi connectivity index (χ0) is 11.8. The fourth-order valence-electron chi connectivity index (χ4n) is 1.86. The number of thiazole rings is 1. The highest BCUT2D eigenvalue weighted by Gasteiger charge is 2.12. The van der Waals surface area contributed by atoms with Crippen LogP contribution in [0.3, 0.4) is 0 Å². The summed E-state index contributed by atoms with van der Waals surface area (Å²) < 4.78 is 1.27. The summed E-state index contributed by atoms with van der Waals surface area (Å²) in [5.41, 5.74) is 10.2. The Balaban J connectivity index is 2.17. The van der Waals surface area contributed by atoms with E-state index in [2.05, 4.69) is 35.3 Å². The van der Waals surface area contributed by atoms with Crippen LogP contribution in [0.1, 0.15) is 5.56 Å². The second kappa shape index (κ2) is 3.86. The number of nitrogen functional groups attached to an aromatic ring is 1. The molecule has 0 saturated heterocycles. The Bertz CT molecular complexity index is 653. The molecule has 1 heterocycles. The Morgan fingerprint density at radius 2 is 1.94 bits per heavy atom. The van der Waals surface area contributed by atoms with Crippen molar-refractivity contribution in [1.82, 2.24) is 0 Å². The summed E-state index contributed by atoms with van der Waals surface area (Å²) in [6.07, 6.45) is 0. The average molecular weight is 241 g/mol.